The van der Waals surface area contributed by atoms with E-state index in [0.29, 0.717) is 32.4 Å². The first-order chi connectivity index (χ1) is 9.06. The van der Waals surface area contributed by atoms with E-state index in [2.05, 4.69) is 0 Å². The fourth-order valence-corrected chi connectivity index (χ4v) is 3.37. The molecule has 0 aromatic carbocycles. The maximum Gasteiger partial charge on any atom is 0.308 e. The highest BCUT2D eigenvalue weighted by Crippen LogP contribution is 2.23. The summed E-state index contributed by atoms with van der Waals surface area (Å²) in [5.74, 6) is -1.17. The first kappa shape index (κ1) is 14.3. The van der Waals surface area contributed by atoms with Gasteiger partial charge >= 0.3 is 5.97 Å². The van der Waals surface area contributed by atoms with Crippen LogP contribution in [0.5, 0.6) is 0 Å². The standard InChI is InChI=1S/C13H16ClNO3S/c14-11-5-3-10(19-11)4-6-12(16)15-7-1-2-9(8-15)13(17)18/h3,5,9H,1-2,4,6-8H2,(H,17,18)/t9-/m1/s1. The summed E-state index contributed by atoms with van der Waals surface area (Å²) in [7, 11) is 0. The predicted molar refractivity (Wildman–Crippen MR) is 74.6 cm³/mol. The Labute approximate surface area is 121 Å². The Kier molecular flexibility index (Phi) is 4.82. The number of amides is 1. The third-order valence-corrected chi connectivity index (χ3v) is 4.63. The summed E-state index contributed by atoms with van der Waals surface area (Å²) in [6.07, 6.45) is 2.53. The number of hydrogen-bond donors (Lipinski definition) is 1. The number of hydrogen-bond acceptors (Lipinski definition) is 3. The van der Waals surface area contributed by atoms with Crippen LogP contribution in [0.4, 0.5) is 0 Å². The van der Waals surface area contributed by atoms with Gasteiger partial charge in [-0.15, -0.1) is 11.3 Å². The zero-order valence-electron chi connectivity index (χ0n) is 10.5. The normalized spacial score (nSPS) is 19.4. The summed E-state index contributed by atoms with van der Waals surface area (Å²) < 4.78 is 0.728. The Hall–Kier alpha value is -1.07. The van der Waals surface area contributed by atoms with Gasteiger partial charge in [-0.3, -0.25) is 9.59 Å². The Morgan fingerprint density at radius 1 is 1.47 bits per heavy atom. The molecule has 0 aliphatic carbocycles. The summed E-state index contributed by atoms with van der Waals surface area (Å²) in [5, 5.41) is 9.00. The highest BCUT2D eigenvalue weighted by atomic mass is 35.5. The quantitative estimate of drug-likeness (QED) is 0.930. The summed E-state index contributed by atoms with van der Waals surface area (Å²) in [6.45, 7) is 1.02. The zero-order valence-corrected chi connectivity index (χ0v) is 12.0. The van der Waals surface area contributed by atoms with E-state index in [1.165, 1.54) is 11.3 Å². The first-order valence-corrected chi connectivity index (χ1v) is 7.50. The average molecular weight is 302 g/mol. The van der Waals surface area contributed by atoms with Gasteiger partial charge in [0.2, 0.25) is 5.91 Å². The molecule has 0 bridgehead atoms. The molecule has 4 nitrogen and oxygen atoms in total. The van der Waals surface area contributed by atoms with Crippen LogP contribution in [-0.2, 0) is 16.0 Å². The average Bonchev–Trinajstić information content (AvgIpc) is 2.82. The lowest BCUT2D eigenvalue weighted by Gasteiger charge is -2.30. The number of carboxylic acids is 1. The number of rotatable bonds is 4. The van der Waals surface area contributed by atoms with Crippen molar-refractivity contribution in [3.8, 4) is 0 Å². The molecule has 1 aromatic heterocycles. The van der Waals surface area contributed by atoms with Crippen LogP contribution in [0, 0.1) is 5.92 Å². The first-order valence-electron chi connectivity index (χ1n) is 6.31. The maximum atomic E-state index is 12.1. The third kappa shape index (κ3) is 3.94. The van der Waals surface area contributed by atoms with E-state index >= 15 is 0 Å². The second-order valence-electron chi connectivity index (χ2n) is 4.72. The summed E-state index contributed by atoms with van der Waals surface area (Å²) >= 11 is 7.32. The molecule has 1 aliphatic rings. The number of aliphatic carboxylic acids is 1. The van der Waals surface area contributed by atoms with Crippen LogP contribution in [0.15, 0.2) is 12.1 Å². The van der Waals surface area contributed by atoms with E-state index < -0.39 is 11.9 Å². The van der Waals surface area contributed by atoms with Crippen LogP contribution in [-0.4, -0.2) is 35.0 Å². The Balaban J connectivity index is 1.84. The molecule has 0 spiro atoms. The largest absolute Gasteiger partial charge is 0.481 e. The van der Waals surface area contributed by atoms with Crippen molar-refractivity contribution in [2.75, 3.05) is 13.1 Å². The van der Waals surface area contributed by atoms with E-state index in [1.54, 1.807) is 4.90 Å². The van der Waals surface area contributed by atoms with Crippen LogP contribution in [0.25, 0.3) is 0 Å². The number of nitrogens with zero attached hydrogens (tertiary/aromatic N) is 1. The Bertz CT molecular complexity index is 474. The van der Waals surface area contributed by atoms with E-state index in [0.717, 1.165) is 15.6 Å². The van der Waals surface area contributed by atoms with Crippen molar-refractivity contribution in [1.29, 1.82) is 0 Å². The van der Waals surface area contributed by atoms with Crippen LogP contribution >= 0.6 is 22.9 Å². The molecule has 1 amide bonds. The van der Waals surface area contributed by atoms with Crippen molar-refractivity contribution < 1.29 is 14.7 Å². The topological polar surface area (TPSA) is 57.6 Å². The van der Waals surface area contributed by atoms with Gasteiger partial charge in [0.05, 0.1) is 10.3 Å². The lowest BCUT2D eigenvalue weighted by atomic mass is 9.98. The predicted octanol–water partition coefficient (Wildman–Crippen LogP) is 2.66. The molecular formula is C13H16ClNO3S. The number of carbonyl (C=O) groups excluding carboxylic acids is 1. The highest BCUT2D eigenvalue weighted by Gasteiger charge is 2.27. The van der Waals surface area contributed by atoms with Gasteiger partial charge in [0.25, 0.3) is 0 Å². The fourth-order valence-electron chi connectivity index (χ4n) is 2.28. The number of carboxylic acid groups (broad SMARTS) is 1. The molecule has 1 saturated heterocycles. The number of halogens is 1. The molecule has 19 heavy (non-hydrogen) atoms. The SMILES string of the molecule is O=C(O)[C@@H]1CCCN(C(=O)CCc2ccc(Cl)s2)C1. The summed E-state index contributed by atoms with van der Waals surface area (Å²) in [5.41, 5.74) is 0. The van der Waals surface area contributed by atoms with Crippen LogP contribution in [0.3, 0.4) is 0 Å². The van der Waals surface area contributed by atoms with E-state index in [-0.39, 0.29) is 5.91 Å². The lowest BCUT2D eigenvalue weighted by molar-refractivity contribution is -0.145. The molecule has 104 valence electrons. The van der Waals surface area contributed by atoms with Crippen LogP contribution in [0.1, 0.15) is 24.1 Å². The van der Waals surface area contributed by atoms with Crippen molar-refractivity contribution in [2.45, 2.75) is 25.7 Å². The van der Waals surface area contributed by atoms with E-state index in [1.807, 2.05) is 12.1 Å². The maximum absolute atomic E-state index is 12.1. The molecule has 1 fully saturated rings. The third-order valence-electron chi connectivity index (χ3n) is 3.34. The molecule has 2 rings (SSSR count). The number of carbonyl (C=O) groups is 2. The van der Waals surface area contributed by atoms with Gasteiger partial charge in [0.15, 0.2) is 0 Å². The number of thiophene rings is 1. The molecule has 0 radical (unpaired) electrons. The van der Waals surface area contributed by atoms with Gasteiger partial charge in [0.1, 0.15) is 0 Å². The second kappa shape index (κ2) is 6.39. The van der Waals surface area contributed by atoms with Crippen molar-refractivity contribution in [2.24, 2.45) is 5.92 Å². The Morgan fingerprint density at radius 2 is 2.26 bits per heavy atom. The molecule has 0 unspecified atom stereocenters. The minimum Gasteiger partial charge on any atom is -0.481 e. The molecule has 1 aromatic rings. The molecule has 1 atom stereocenters. The van der Waals surface area contributed by atoms with Crippen LogP contribution in [0.2, 0.25) is 4.34 Å². The summed E-state index contributed by atoms with van der Waals surface area (Å²) in [6, 6.07) is 3.75. The molecular weight excluding hydrogens is 286 g/mol. The van der Waals surface area contributed by atoms with Crippen molar-refractivity contribution in [1.82, 2.24) is 4.90 Å². The Morgan fingerprint density at radius 3 is 2.89 bits per heavy atom. The van der Waals surface area contributed by atoms with Gasteiger partial charge in [0, 0.05) is 24.4 Å². The van der Waals surface area contributed by atoms with Crippen molar-refractivity contribution >= 4 is 34.8 Å². The summed E-state index contributed by atoms with van der Waals surface area (Å²) in [4.78, 5) is 25.8. The van der Waals surface area contributed by atoms with Gasteiger partial charge in [-0.05, 0) is 31.4 Å². The van der Waals surface area contributed by atoms with Gasteiger partial charge in [-0.1, -0.05) is 11.6 Å². The van der Waals surface area contributed by atoms with Gasteiger partial charge in [-0.25, -0.2) is 0 Å². The molecule has 6 heteroatoms. The van der Waals surface area contributed by atoms with Crippen LogP contribution < -0.4 is 0 Å². The van der Waals surface area contributed by atoms with E-state index in [9.17, 15) is 9.59 Å². The smallest absolute Gasteiger partial charge is 0.308 e. The number of likely N-dealkylation sites (tertiary alicyclic amines) is 1. The highest BCUT2D eigenvalue weighted by molar-refractivity contribution is 7.16. The van der Waals surface area contributed by atoms with Crippen molar-refractivity contribution in [3.63, 3.8) is 0 Å². The number of aryl methyl sites for hydroxylation is 1. The number of piperidine rings is 1. The minimum atomic E-state index is -0.803. The van der Waals surface area contributed by atoms with Gasteiger partial charge < -0.3 is 10.0 Å². The molecule has 1 aliphatic heterocycles. The monoisotopic (exact) mass is 301 g/mol. The molecule has 0 saturated carbocycles. The zero-order chi connectivity index (χ0) is 13.8. The van der Waals surface area contributed by atoms with Crippen molar-refractivity contribution in [3.05, 3.63) is 21.3 Å². The van der Waals surface area contributed by atoms with E-state index in [4.69, 9.17) is 16.7 Å². The lowest BCUT2D eigenvalue weighted by Crippen LogP contribution is -2.42. The van der Waals surface area contributed by atoms with Gasteiger partial charge in [-0.2, -0.15) is 0 Å². The fraction of sp³-hybridized carbons (Fsp3) is 0.538. The minimum absolute atomic E-state index is 0.0375. The molecule has 1 N–H and O–H groups in total. The molecule has 2 heterocycles. The second-order valence-corrected chi connectivity index (χ2v) is 6.52.